The van der Waals surface area contributed by atoms with Crippen LogP contribution in [-0.4, -0.2) is 10.1 Å². The van der Waals surface area contributed by atoms with Crippen LogP contribution < -0.4 is 5.73 Å². The number of nitrogens with two attached hydrogens (primary N) is 1. The van der Waals surface area contributed by atoms with Crippen LogP contribution in [0.15, 0.2) is 47.1 Å². The number of hydrogen-bond acceptors (Lipinski definition) is 4. The summed E-state index contributed by atoms with van der Waals surface area (Å²) in [4.78, 5) is 4.20. The molecule has 1 aromatic carbocycles. The highest BCUT2D eigenvalue weighted by Crippen LogP contribution is 2.36. The Balaban J connectivity index is 2.17. The molecule has 0 unspecified atom stereocenters. The zero-order chi connectivity index (χ0) is 14.1. The van der Waals surface area contributed by atoms with Gasteiger partial charge in [-0.05, 0) is 31.5 Å². The van der Waals surface area contributed by atoms with Crippen LogP contribution in [0.1, 0.15) is 11.3 Å². The molecule has 0 bridgehead atoms. The lowest BCUT2D eigenvalue weighted by molar-refractivity contribution is 0.439. The summed E-state index contributed by atoms with van der Waals surface area (Å²) in [6, 6.07) is 12.0. The molecule has 3 aromatic rings. The van der Waals surface area contributed by atoms with E-state index in [4.69, 9.17) is 10.3 Å². The second-order valence-electron chi connectivity index (χ2n) is 4.82. The van der Waals surface area contributed by atoms with Crippen molar-refractivity contribution in [1.82, 2.24) is 10.1 Å². The molecule has 0 aliphatic heterocycles. The van der Waals surface area contributed by atoms with E-state index in [0.29, 0.717) is 5.88 Å². The second kappa shape index (κ2) is 4.81. The van der Waals surface area contributed by atoms with Gasteiger partial charge in [-0.1, -0.05) is 35.0 Å². The number of nitrogens with zero attached hydrogens (tertiary/aromatic N) is 2. The van der Waals surface area contributed by atoms with Crippen LogP contribution in [0.3, 0.4) is 0 Å². The molecule has 100 valence electrons. The van der Waals surface area contributed by atoms with Gasteiger partial charge in [0.25, 0.3) is 0 Å². The fourth-order valence-electron chi connectivity index (χ4n) is 2.19. The van der Waals surface area contributed by atoms with Crippen molar-refractivity contribution in [2.45, 2.75) is 13.8 Å². The minimum Gasteiger partial charge on any atom is -0.367 e. The van der Waals surface area contributed by atoms with Crippen molar-refractivity contribution in [2.75, 3.05) is 5.73 Å². The van der Waals surface area contributed by atoms with Gasteiger partial charge in [-0.15, -0.1) is 0 Å². The van der Waals surface area contributed by atoms with Crippen molar-refractivity contribution in [2.24, 2.45) is 0 Å². The third kappa shape index (κ3) is 2.16. The molecule has 2 heterocycles. The highest BCUT2D eigenvalue weighted by molar-refractivity contribution is 5.86. The number of anilines is 1. The van der Waals surface area contributed by atoms with Gasteiger partial charge in [0.1, 0.15) is 5.69 Å². The van der Waals surface area contributed by atoms with Gasteiger partial charge < -0.3 is 10.3 Å². The third-order valence-corrected chi connectivity index (χ3v) is 3.23. The van der Waals surface area contributed by atoms with E-state index in [2.05, 4.69) is 10.1 Å². The van der Waals surface area contributed by atoms with Crippen LogP contribution in [0.2, 0.25) is 0 Å². The number of hydrogen-bond donors (Lipinski definition) is 1. The number of benzene rings is 1. The summed E-state index contributed by atoms with van der Waals surface area (Å²) in [5.41, 5.74) is 11.6. The molecule has 0 saturated heterocycles. The summed E-state index contributed by atoms with van der Waals surface area (Å²) < 4.78 is 5.18. The molecular formula is C16H15N3O. The Morgan fingerprint density at radius 3 is 2.45 bits per heavy atom. The number of nitrogen functional groups attached to an aromatic ring is 1. The SMILES string of the molecule is Cc1ccc(-c2c(-c3ccnc(C)c3)noc2N)cc1. The van der Waals surface area contributed by atoms with E-state index >= 15 is 0 Å². The van der Waals surface area contributed by atoms with Crippen LogP contribution in [-0.2, 0) is 0 Å². The van der Waals surface area contributed by atoms with E-state index < -0.39 is 0 Å². The maximum absolute atomic E-state index is 5.94. The van der Waals surface area contributed by atoms with E-state index in [0.717, 1.165) is 28.1 Å². The van der Waals surface area contributed by atoms with Gasteiger partial charge in [0.15, 0.2) is 0 Å². The number of aromatic nitrogens is 2. The Kier molecular flexibility index (Phi) is 2.99. The van der Waals surface area contributed by atoms with E-state index in [1.807, 2.05) is 50.2 Å². The molecule has 0 fully saturated rings. The minimum absolute atomic E-state index is 0.332. The second-order valence-corrected chi connectivity index (χ2v) is 4.82. The minimum atomic E-state index is 0.332. The molecular weight excluding hydrogens is 250 g/mol. The Labute approximate surface area is 117 Å². The van der Waals surface area contributed by atoms with Gasteiger partial charge in [0.05, 0.1) is 5.56 Å². The van der Waals surface area contributed by atoms with Crippen LogP contribution in [0, 0.1) is 13.8 Å². The molecule has 0 radical (unpaired) electrons. The topological polar surface area (TPSA) is 64.9 Å². The lowest BCUT2D eigenvalue weighted by Crippen LogP contribution is -1.89. The third-order valence-electron chi connectivity index (χ3n) is 3.23. The van der Waals surface area contributed by atoms with Crippen LogP contribution >= 0.6 is 0 Å². The average molecular weight is 265 g/mol. The molecule has 0 aliphatic rings. The first-order valence-corrected chi connectivity index (χ1v) is 6.40. The fraction of sp³-hybridized carbons (Fsp3) is 0.125. The van der Waals surface area contributed by atoms with Gasteiger partial charge in [0, 0.05) is 17.5 Å². The number of aryl methyl sites for hydroxylation is 2. The van der Waals surface area contributed by atoms with E-state index in [1.54, 1.807) is 6.20 Å². The molecule has 4 heteroatoms. The zero-order valence-electron chi connectivity index (χ0n) is 11.4. The summed E-state index contributed by atoms with van der Waals surface area (Å²) in [6.07, 6.45) is 1.76. The summed E-state index contributed by atoms with van der Waals surface area (Å²) in [5, 5.41) is 4.10. The summed E-state index contributed by atoms with van der Waals surface area (Å²) in [5.74, 6) is 0.332. The van der Waals surface area contributed by atoms with Crippen LogP contribution in [0.4, 0.5) is 5.88 Å². The van der Waals surface area contributed by atoms with Crippen molar-refractivity contribution in [3.63, 3.8) is 0 Å². The molecule has 0 spiro atoms. The standard InChI is InChI=1S/C16H15N3O/c1-10-3-5-12(6-4-10)14-15(19-20-16(14)17)13-7-8-18-11(2)9-13/h3-9H,17H2,1-2H3. The van der Waals surface area contributed by atoms with Crippen molar-refractivity contribution in [3.8, 4) is 22.4 Å². The van der Waals surface area contributed by atoms with Gasteiger partial charge in [0.2, 0.25) is 5.88 Å². The van der Waals surface area contributed by atoms with Crippen LogP contribution in [0.25, 0.3) is 22.4 Å². The summed E-state index contributed by atoms with van der Waals surface area (Å²) in [7, 11) is 0. The molecule has 2 aromatic heterocycles. The van der Waals surface area contributed by atoms with Crippen LogP contribution in [0.5, 0.6) is 0 Å². The number of rotatable bonds is 2. The molecule has 0 saturated carbocycles. The first kappa shape index (κ1) is 12.4. The number of pyridine rings is 1. The quantitative estimate of drug-likeness (QED) is 0.768. The lowest BCUT2D eigenvalue weighted by atomic mass is 10.0. The van der Waals surface area contributed by atoms with E-state index in [1.165, 1.54) is 5.56 Å². The normalized spacial score (nSPS) is 10.7. The van der Waals surface area contributed by atoms with E-state index in [-0.39, 0.29) is 0 Å². The largest absolute Gasteiger partial charge is 0.367 e. The van der Waals surface area contributed by atoms with Gasteiger partial charge >= 0.3 is 0 Å². The maximum atomic E-state index is 5.94. The Morgan fingerprint density at radius 2 is 1.75 bits per heavy atom. The monoisotopic (exact) mass is 265 g/mol. The molecule has 0 amide bonds. The fourth-order valence-corrected chi connectivity index (χ4v) is 2.19. The molecule has 0 atom stereocenters. The zero-order valence-corrected chi connectivity index (χ0v) is 11.4. The average Bonchev–Trinajstić information content (AvgIpc) is 2.82. The van der Waals surface area contributed by atoms with Gasteiger partial charge in [-0.3, -0.25) is 4.98 Å². The molecule has 2 N–H and O–H groups in total. The van der Waals surface area contributed by atoms with Gasteiger partial charge in [-0.2, -0.15) is 0 Å². The van der Waals surface area contributed by atoms with Crippen molar-refractivity contribution < 1.29 is 4.52 Å². The highest BCUT2D eigenvalue weighted by atomic mass is 16.5. The highest BCUT2D eigenvalue weighted by Gasteiger charge is 2.17. The summed E-state index contributed by atoms with van der Waals surface area (Å²) >= 11 is 0. The Bertz CT molecular complexity index is 745. The molecule has 4 nitrogen and oxygen atoms in total. The lowest BCUT2D eigenvalue weighted by Gasteiger charge is -2.04. The first-order valence-electron chi connectivity index (χ1n) is 6.40. The van der Waals surface area contributed by atoms with Gasteiger partial charge in [-0.25, -0.2) is 0 Å². The molecule has 20 heavy (non-hydrogen) atoms. The predicted octanol–water partition coefficient (Wildman–Crippen LogP) is 3.60. The van der Waals surface area contributed by atoms with Crippen molar-refractivity contribution >= 4 is 5.88 Å². The molecule has 0 aliphatic carbocycles. The summed E-state index contributed by atoms with van der Waals surface area (Å²) in [6.45, 7) is 3.99. The van der Waals surface area contributed by atoms with Crippen molar-refractivity contribution in [3.05, 3.63) is 53.9 Å². The molecule has 3 rings (SSSR count). The first-order chi connectivity index (χ1) is 9.65. The Hall–Kier alpha value is -2.62. The van der Waals surface area contributed by atoms with E-state index in [9.17, 15) is 0 Å². The maximum Gasteiger partial charge on any atom is 0.230 e. The van der Waals surface area contributed by atoms with Crippen molar-refractivity contribution in [1.29, 1.82) is 0 Å². The Morgan fingerprint density at radius 1 is 1.00 bits per heavy atom. The smallest absolute Gasteiger partial charge is 0.230 e. The predicted molar refractivity (Wildman–Crippen MR) is 79.1 cm³/mol.